The molecule has 3 rings (SSSR count). The number of carboxylic acids is 1. The Hall–Kier alpha value is -0.480. The predicted molar refractivity (Wildman–Crippen MR) is 104 cm³/mol. The Bertz CT molecular complexity index is 444. The number of carboxylic acid groups (broad SMARTS) is 1. The number of carbonyl (C=O) groups is 1. The number of hydrogen-bond acceptors (Lipinski definition) is 3. The van der Waals surface area contributed by atoms with Crippen LogP contribution in [0.5, 0.6) is 0 Å². The molecule has 1 N–H and O–H groups in total. The summed E-state index contributed by atoms with van der Waals surface area (Å²) in [5.74, 6) is 4.32. The first-order valence-corrected chi connectivity index (χ1v) is 11.5. The molecule has 2 aliphatic heterocycles. The Balaban J connectivity index is 1.38. The monoisotopic (exact) mass is 366 g/mol. The van der Waals surface area contributed by atoms with Crippen LogP contribution in [0.2, 0.25) is 0 Å². The molecule has 4 atom stereocenters. The molecule has 142 valence electrons. The summed E-state index contributed by atoms with van der Waals surface area (Å²) in [7, 11) is 0. The maximum Gasteiger partial charge on any atom is 0.303 e. The molecule has 2 bridgehead atoms. The number of allylic oxidation sites excluding steroid dienone is 2. The first kappa shape index (κ1) is 19.3. The third kappa shape index (κ3) is 5.75. The maximum absolute atomic E-state index is 10.5. The fourth-order valence-corrected chi connectivity index (χ4v) is 6.43. The van der Waals surface area contributed by atoms with Gasteiger partial charge in [-0.05, 0) is 74.2 Å². The summed E-state index contributed by atoms with van der Waals surface area (Å²) in [6, 6.07) is 0. The fraction of sp³-hybridized carbons (Fsp3) is 0.857. The minimum Gasteiger partial charge on any atom is -0.481 e. The van der Waals surface area contributed by atoms with Crippen LogP contribution in [-0.2, 0) is 9.53 Å². The fourth-order valence-electron chi connectivity index (χ4n) is 4.89. The molecule has 25 heavy (non-hydrogen) atoms. The molecule has 3 nitrogen and oxygen atoms in total. The van der Waals surface area contributed by atoms with E-state index in [0.717, 1.165) is 31.1 Å². The molecule has 0 spiro atoms. The Morgan fingerprint density at radius 3 is 2.52 bits per heavy atom. The van der Waals surface area contributed by atoms with Crippen LogP contribution < -0.4 is 0 Å². The first-order chi connectivity index (χ1) is 12.2. The topological polar surface area (TPSA) is 46.5 Å². The molecule has 0 unspecified atom stereocenters. The van der Waals surface area contributed by atoms with Crippen LogP contribution in [0.4, 0.5) is 0 Å². The number of unbranched alkanes of at least 4 members (excludes halogenated alkanes) is 1. The van der Waals surface area contributed by atoms with Gasteiger partial charge in [0.1, 0.15) is 0 Å². The van der Waals surface area contributed by atoms with E-state index in [0.29, 0.717) is 18.1 Å². The van der Waals surface area contributed by atoms with Gasteiger partial charge in [-0.2, -0.15) is 11.8 Å². The van der Waals surface area contributed by atoms with Gasteiger partial charge in [-0.25, -0.2) is 0 Å². The van der Waals surface area contributed by atoms with Crippen molar-refractivity contribution in [2.24, 2.45) is 17.8 Å². The average Bonchev–Trinajstić information content (AvgIpc) is 3.21. The van der Waals surface area contributed by atoms with Crippen molar-refractivity contribution >= 4 is 17.7 Å². The summed E-state index contributed by atoms with van der Waals surface area (Å²) in [5, 5.41) is 8.68. The quantitative estimate of drug-likeness (QED) is 0.421. The van der Waals surface area contributed by atoms with Crippen molar-refractivity contribution in [1.82, 2.24) is 0 Å². The van der Waals surface area contributed by atoms with Gasteiger partial charge in [0.15, 0.2) is 0 Å². The molecule has 0 aromatic heterocycles. The summed E-state index contributed by atoms with van der Waals surface area (Å²) in [6.07, 6.45) is 18.2. The lowest BCUT2D eigenvalue weighted by Crippen LogP contribution is -2.29. The molecule has 2 heterocycles. The van der Waals surface area contributed by atoms with Crippen LogP contribution in [0, 0.1) is 17.8 Å². The van der Waals surface area contributed by atoms with Gasteiger partial charge in [-0.1, -0.05) is 31.4 Å². The molecule has 0 aromatic rings. The zero-order valence-electron chi connectivity index (χ0n) is 15.4. The van der Waals surface area contributed by atoms with Crippen LogP contribution >= 0.6 is 11.8 Å². The number of rotatable bonds is 10. The minimum absolute atomic E-state index is 0.280. The lowest BCUT2D eigenvalue weighted by atomic mass is 9.78. The molecule has 0 radical (unpaired) electrons. The number of ether oxygens (including phenoxy) is 1. The highest BCUT2D eigenvalue weighted by atomic mass is 32.2. The molecular formula is C21H34O3S. The molecule has 2 saturated heterocycles. The van der Waals surface area contributed by atoms with E-state index in [4.69, 9.17) is 9.84 Å². The van der Waals surface area contributed by atoms with E-state index >= 15 is 0 Å². The second-order valence-corrected chi connectivity index (χ2v) is 9.23. The smallest absolute Gasteiger partial charge is 0.303 e. The van der Waals surface area contributed by atoms with Gasteiger partial charge in [-0.3, -0.25) is 4.79 Å². The van der Waals surface area contributed by atoms with Gasteiger partial charge in [0.2, 0.25) is 0 Å². The normalized spacial score (nSPS) is 32.6. The largest absolute Gasteiger partial charge is 0.481 e. The van der Waals surface area contributed by atoms with Crippen LogP contribution in [0.15, 0.2) is 12.2 Å². The summed E-state index contributed by atoms with van der Waals surface area (Å²) >= 11 is 2.18. The Morgan fingerprint density at radius 1 is 1.00 bits per heavy atom. The summed E-state index contributed by atoms with van der Waals surface area (Å²) in [4.78, 5) is 10.5. The average molecular weight is 367 g/mol. The lowest BCUT2D eigenvalue weighted by molar-refractivity contribution is -0.137. The molecule has 0 amide bonds. The maximum atomic E-state index is 10.5. The van der Waals surface area contributed by atoms with Gasteiger partial charge in [0.05, 0.1) is 12.2 Å². The SMILES string of the molecule is O=C(O)CCCC=CC[C@@H]1[C@H](CSCC2CCCCC2)[C@@H]2CC[C@H]1O2. The number of fused-ring (bicyclic) bond motifs is 2. The molecule has 1 saturated carbocycles. The summed E-state index contributed by atoms with van der Waals surface area (Å²) in [5.41, 5.74) is 0. The number of aliphatic carboxylic acids is 1. The lowest BCUT2D eigenvalue weighted by Gasteiger charge is -2.28. The van der Waals surface area contributed by atoms with Gasteiger partial charge < -0.3 is 9.84 Å². The van der Waals surface area contributed by atoms with Gasteiger partial charge in [0, 0.05) is 6.42 Å². The molecular weight excluding hydrogens is 332 g/mol. The molecule has 4 heteroatoms. The van der Waals surface area contributed by atoms with E-state index in [9.17, 15) is 4.79 Å². The van der Waals surface area contributed by atoms with Crippen LogP contribution in [0.1, 0.15) is 70.6 Å². The van der Waals surface area contributed by atoms with E-state index in [-0.39, 0.29) is 6.42 Å². The Kier molecular flexibility index (Phi) is 7.72. The molecule has 1 aliphatic carbocycles. The molecule has 0 aromatic carbocycles. The zero-order valence-corrected chi connectivity index (χ0v) is 16.2. The van der Waals surface area contributed by atoms with Crippen LogP contribution in [-0.4, -0.2) is 34.8 Å². The van der Waals surface area contributed by atoms with Crippen molar-refractivity contribution in [3.05, 3.63) is 12.2 Å². The Morgan fingerprint density at radius 2 is 1.76 bits per heavy atom. The second kappa shape index (κ2) is 10.0. The summed E-state index contributed by atoms with van der Waals surface area (Å²) < 4.78 is 6.22. The van der Waals surface area contributed by atoms with E-state index in [1.165, 1.54) is 56.5 Å². The van der Waals surface area contributed by atoms with E-state index in [2.05, 4.69) is 23.9 Å². The summed E-state index contributed by atoms with van der Waals surface area (Å²) in [6.45, 7) is 0. The zero-order chi connectivity index (χ0) is 17.5. The van der Waals surface area contributed by atoms with E-state index in [1.54, 1.807) is 0 Å². The van der Waals surface area contributed by atoms with Crippen LogP contribution in [0.3, 0.4) is 0 Å². The standard InChI is InChI=1S/C21H34O3S/c22-21(23)11-7-2-1-6-10-17-18(20-13-12-19(17)24-20)15-25-14-16-8-4-3-5-9-16/h1,6,16-20H,2-5,7-15H2,(H,22,23)/t17-,18+,19-,20+/m1/s1. The van der Waals surface area contributed by atoms with Crippen molar-refractivity contribution in [3.63, 3.8) is 0 Å². The highest BCUT2D eigenvalue weighted by molar-refractivity contribution is 7.99. The predicted octanol–water partition coefficient (Wildman–Crippen LogP) is 5.29. The van der Waals surface area contributed by atoms with E-state index in [1.807, 2.05) is 0 Å². The van der Waals surface area contributed by atoms with Crippen molar-refractivity contribution in [3.8, 4) is 0 Å². The Labute approximate surface area is 157 Å². The van der Waals surface area contributed by atoms with Gasteiger partial charge in [-0.15, -0.1) is 0 Å². The molecule has 3 aliphatic rings. The number of hydrogen-bond donors (Lipinski definition) is 1. The molecule has 3 fully saturated rings. The van der Waals surface area contributed by atoms with Gasteiger partial charge >= 0.3 is 5.97 Å². The van der Waals surface area contributed by atoms with Crippen molar-refractivity contribution in [2.45, 2.75) is 82.8 Å². The van der Waals surface area contributed by atoms with Crippen molar-refractivity contribution < 1.29 is 14.6 Å². The van der Waals surface area contributed by atoms with Gasteiger partial charge in [0.25, 0.3) is 0 Å². The van der Waals surface area contributed by atoms with Crippen molar-refractivity contribution in [2.75, 3.05) is 11.5 Å². The third-order valence-electron chi connectivity index (χ3n) is 6.32. The minimum atomic E-state index is -0.690. The van der Waals surface area contributed by atoms with E-state index < -0.39 is 5.97 Å². The number of thioether (sulfide) groups is 1. The van der Waals surface area contributed by atoms with Crippen molar-refractivity contribution in [1.29, 1.82) is 0 Å². The second-order valence-electron chi connectivity index (χ2n) is 8.15. The highest BCUT2D eigenvalue weighted by Gasteiger charge is 2.47. The third-order valence-corrected chi connectivity index (χ3v) is 7.64. The van der Waals surface area contributed by atoms with Crippen LogP contribution in [0.25, 0.3) is 0 Å². The highest BCUT2D eigenvalue weighted by Crippen LogP contribution is 2.46. The first-order valence-electron chi connectivity index (χ1n) is 10.3.